The molecule has 0 fully saturated rings. The number of carbonyl (C=O) groups excluding carboxylic acids is 2. The molecule has 0 aliphatic carbocycles. The molecule has 3 rings (SSSR count). The number of amides is 2. The third-order valence-electron chi connectivity index (χ3n) is 4.65. The molecule has 0 saturated heterocycles. The third-order valence-corrected chi connectivity index (χ3v) is 4.65. The van der Waals surface area contributed by atoms with Crippen LogP contribution in [0.3, 0.4) is 0 Å². The van der Waals surface area contributed by atoms with Crippen LogP contribution in [0.5, 0.6) is 0 Å². The van der Waals surface area contributed by atoms with E-state index in [9.17, 15) is 36.7 Å². The van der Waals surface area contributed by atoms with Crippen LogP contribution < -0.4 is 21.9 Å². The molecule has 0 saturated carbocycles. The van der Waals surface area contributed by atoms with Gasteiger partial charge in [-0.25, -0.2) is 13.8 Å². The standard InChI is InChI=1S/C18H16F4N4O4/c1-2-3-4-11(27)25-17(18(20,21)22)12-13(23-15(17)29)26(16(30)24-14(12)28)10-7-5-9(19)6-8-10/h5-8H,2-4H2,1H3,(H,23,29)(H,25,27)(H,24,28,30)/t17-/m1/s1. The Kier molecular flexibility index (Phi) is 5.27. The molecule has 0 unspecified atom stereocenters. The lowest BCUT2D eigenvalue weighted by molar-refractivity contribution is -0.200. The maximum atomic E-state index is 14.1. The van der Waals surface area contributed by atoms with Crippen LogP contribution in [0, 0.1) is 5.82 Å². The van der Waals surface area contributed by atoms with E-state index in [0.717, 1.165) is 24.3 Å². The fraction of sp³-hybridized carbons (Fsp3) is 0.333. The van der Waals surface area contributed by atoms with Gasteiger partial charge in [0.15, 0.2) is 0 Å². The number of halogens is 4. The Hall–Kier alpha value is -3.44. The Morgan fingerprint density at radius 3 is 2.37 bits per heavy atom. The van der Waals surface area contributed by atoms with E-state index in [4.69, 9.17) is 0 Å². The lowest BCUT2D eigenvalue weighted by Gasteiger charge is -2.30. The second-order valence-corrected chi connectivity index (χ2v) is 6.65. The predicted octanol–water partition coefficient (Wildman–Crippen LogP) is 1.68. The molecule has 2 amide bonds. The van der Waals surface area contributed by atoms with E-state index in [-0.39, 0.29) is 18.5 Å². The zero-order valence-corrected chi connectivity index (χ0v) is 15.5. The number of H-pyrrole nitrogens is 1. The highest BCUT2D eigenvalue weighted by atomic mass is 19.4. The van der Waals surface area contributed by atoms with Crippen molar-refractivity contribution in [1.29, 1.82) is 0 Å². The number of rotatable bonds is 5. The van der Waals surface area contributed by atoms with Crippen LogP contribution in [-0.2, 0) is 15.1 Å². The highest BCUT2D eigenvalue weighted by Gasteiger charge is 2.68. The molecule has 1 aromatic heterocycles. The van der Waals surface area contributed by atoms with Gasteiger partial charge in [-0.2, -0.15) is 13.2 Å². The van der Waals surface area contributed by atoms with Crippen LogP contribution in [0.2, 0.25) is 0 Å². The van der Waals surface area contributed by atoms with Crippen LogP contribution >= 0.6 is 0 Å². The van der Waals surface area contributed by atoms with Crippen molar-refractivity contribution in [2.75, 3.05) is 5.32 Å². The fourth-order valence-electron chi connectivity index (χ4n) is 3.22. The maximum absolute atomic E-state index is 14.1. The predicted molar refractivity (Wildman–Crippen MR) is 96.6 cm³/mol. The molecule has 1 aliphatic rings. The molecule has 2 heterocycles. The second-order valence-electron chi connectivity index (χ2n) is 6.65. The molecule has 8 nitrogen and oxygen atoms in total. The zero-order valence-electron chi connectivity index (χ0n) is 15.5. The summed E-state index contributed by atoms with van der Waals surface area (Å²) in [5, 5.41) is 3.55. The van der Waals surface area contributed by atoms with Crippen LogP contribution in [-0.4, -0.2) is 27.5 Å². The van der Waals surface area contributed by atoms with Gasteiger partial charge in [0.1, 0.15) is 17.2 Å². The molecule has 12 heteroatoms. The Morgan fingerprint density at radius 1 is 1.17 bits per heavy atom. The number of unbranched alkanes of at least 4 members (excludes halogenated alkanes) is 1. The van der Waals surface area contributed by atoms with E-state index in [1.807, 2.05) is 5.32 Å². The monoisotopic (exact) mass is 428 g/mol. The normalized spacial score (nSPS) is 18.1. The molecule has 3 N–H and O–H groups in total. The van der Waals surface area contributed by atoms with Crippen molar-refractivity contribution in [3.05, 3.63) is 56.5 Å². The summed E-state index contributed by atoms with van der Waals surface area (Å²) in [4.78, 5) is 51.1. The summed E-state index contributed by atoms with van der Waals surface area (Å²) in [6.07, 6.45) is -4.92. The lowest BCUT2D eigenvalue weighted by atomic mass is 9.91. The van der Waals surface area contributed by atoms with Gasteiger partial charge in [-0.05, 0) is 30.7 Å². The van der Waals surface area contributed by atoms with Gasteiger partial charge in [0, 0.05) is 6.42 Å². The maximum Gasteiger partial charge on any atom is 0.425 e. The number of aromatic nitrogens is 2. The van der Waals surface area contributed by atoms with E-state index in [2.05, 4.69) is 0 Å². The van der Waals surface area contributed by atoms with E-state index < -0.39 is 52.0 Å². The van der Waals surface area contributed by atoms with Crippen LogP contribution in [0.15, 0.2) is 33.9 Å². The van der Waals surface area contributed by atoms with E-state index in [1.165, 1.54) is 0 Å². The number of aromatic amines is 1. The Balaban J connectivity index is 2.29. The van der Waals surface area contributed by atoms with Crippen molar-refractivity contribution in [3.8, 4) is 5.69 Å². The third kappa shape index (κ3) is 3.27. The van der Waals surface area contributed by atoms with E-state index in [1.54, 1.807) is 17.2 Å². The van der Waals surface area contributed by atoms with Gasteiger partial charge in [0.2, 0.25) is 11.4 Å². The minimum atomic E-state index is -5.40. The second kappa shape index (κ2) is 7.43. The molecule has 2 aromatic rings. The van der Waals surface area contributed by atoms with Crippen LogP contribution in [0.25, 0.3) is 5.69 Å². The first-order chi connectivity index (χ1) is 14.0. The first kappa shape index (κ1) is 21.3. The lowest BCUT2D eigenvalue weighted by Crippen LogP contribution is -2.62. The molecule has 0 spiro atoms. The summed E-state index contributed by atoms with van der Waals surface area (Å²) in [7, 11) is 0. The summed E-state index contributed by atoms with van der Waals surface area (Å²) >= 11 is 0. The molecule has 0 radical (unpaired) electrons. The van der Waals surface area contributed by atoms with Crippen molar-refractivity contribution in [2.24, 2.45) is 0 Å². The Labute approximate surface area is 165 Å². The molecule has 0 bridgehead atoms. The summed E-state index contributed by atoms with van der Waals surface area (Å²) in [6.45, 7) is 1.72. The van der Waals surface area contributed by atoms with Gasteiger partial charge < -0.3 is 10.6 Å². The van der Waals surface area contributed by atoms with Gasteiger partial charge in [0.25, 0.3) is 11.5 Å². The number of benzene rings is 1. The first-order valence-corrected chi connectivity index (χ1v) is 8.88. The topological polar surface area (TPSA) is 113 Å². The Bertz CT molecular complexity index is 1120. The number of nitrogens with one attached hydrogen (secondary N) is 3. The summed E-state index contributed by atoms with van der Waals surface area (Å²) in [5.74, 6) is -4.25. The number of nitrogens with zero attached hydrogens (tertiary/aromatic N) is 1. The number of fused-ring (bicyclic) bond motifs is 1. The van der Waals surface area contributed by atoms with Crippen molar-refractivity contribution in [1.82, 2.24) is 14.9 Å². The van der Waals surface area contributed by atoms with Crippen molar-refractivity contribution < 1.29 is 27.2 Å². The molecule has 30 heavy (non-hydrogen) atoms. The largest absolute Gasteiger partial charge is 0.425 e. The average molecular weight is 428 g/mol. The minimum absolute atomic E-state index is 0.107. The molecule has 1 aliphatic heterocycles. The quantitative estimate of drug-likeness (QED) is 0.629. The van der Waals surface area contributed by atoms with Gasteiger partial charge in [-0.3, -0.25) is 19.4 Å². The number of hydrogen-bond acceptors (Lipinski definition) is 4. The average Bonchev–Trinajstić information content (AvgIpc) is 2.94. The highest BCUT2D eigenvalue weighted by Crippen LogP contribution is 2.45. The Morgan fingerprint density at radius 2 is 1.80 bits per heavy atom. The summed E-state index contributed by atoms with van der Waals surface area (Å²) in [5.41, 5.74) is -7.60. The fourth-order valence-corrected chi connectivity index (χ4v) is 3.22. The molecule has 1 aromatic carbocycles. The number of hydrogen-bond donors (Lipinski definition) is 3. The van der Waals surface area contributed by atoms with Gasteiger partial charge >= 0.3 is 11.9 Å². The minimum Gasteiger partial charge on any atom is -0.330 e. The SMILES string of the molecule is CCCCC(=O)N[C@@]1(C(F)(F)F)C(=O)Nc2c1c(=O)[nH]c(=O)n2-c1ccc(F)cc1. The first-order valence-electron chi connectivity index (χ1n) is 8.88. The zero-order chi connectivity index (χ0) is 22.3. The van der Waals surface area contributed by atoms with Gasteiger partial charge in [-0.15, -0.1) is 0 Å². The summed E-state index contributed by atoms with van der Waals surface area (Å²) < 4.78 is 56.2. The molecular weight excluding hydrogens is 412 g/mol. The summed E-state index contributed by atoms with van der Waals surface area (Å²) in [6, 6.07) is 4.04. The highest BCUT2D eigenvalue weighted by molar-refractivity contribution is 6.07. The van der Waals surface area contributed by atoms with Crippen LogP contribution in [0.4, 0.5) is 23.4 Å². The number of anilines is 1. The van der Waals surface area contributed by atoms with E-state index in [0.29, 0.717) is 11.0 Å². The van der Waals surface area contributed by atoms with Gasteiger partial charge in [-0.1, -0.05) is 13.3 Å². The molecule has 1 atom stereocenters. The molecular formula is C18H16F4N4O4. The van der Waals surface area contributed by atoms with Crippen LogP contribution in [0.1, 0.15) is 31.7 Å². The van der Waals surface area contributed by atoms with E-state index >= 15 is 0 Å². The smallest absolute Gasteiger partial charge is 0.330 e. The van der Waals surface area contributed by atoms with Crippen molar-refractivity contribution in [2.45, 2.75) is 37.9 Å². The molecule has 160 valence electrons. The number of carbonyl (C=O) groups is 2. The van der Waals surface area contributed by atoms with Crippen molar-refractivity contribution >= 4 is 17.6 Å². The van der Waals surface area contributed by atoms with Crippen molar-refractivity contribution in [3.63, 3.8) is 0 Å². The van der Waals surface area contributed by atoms with Gasteiger partial charge in [0.05, 0.1) is 5.69 Å². The number of alkyl halides is 3.